The molecule has 0 radical (unpaired) electrons. The molecule has 7 heteroatoms. The molecule has 1 amide bonds. The van der Waals surface area contributed by atoms with Crippen LogP contribution in [0.2, 0.25) is 0 Å². The molecule has 1 aliphatic heterocycles. The number of fused-ring (bicyclic) bond motifs is 1. The summed E-state index contributed by atoms with van der Waals surface area (Å²) in [5.74, 6) is 0. The van der Waals surface area contributed by atoms with E-state index in [0.29, 0.717) is 29.8 Å². The van der Waals surface area contributed by atoms with Gasteiger partial charge in [0.25, 0.3) is 0 Å². The summed E-state index contributed by atoms with van der Waals surface area (Å²) in [4.78, 5) is 14.0. The van der Waals surface area contributed by atoms with Crippen molar-refractivity contribution in [2.45, 2.75) is 6.42 Å². The molecule has 0 spiro atoms. The highest BCUT2D eigenvalue weighted by Gasteiger charge is 2.19. The molecule has 0 saturated heterocycles. The number of aromatic nitrogens is 3. The Morgan fingerprint density at radius 3 is 3.00 bits per heavy atom. The van der Waals surface area contributed by atoms with Gasteiger partial charge in [0.15, 0.2) is 0 Å². The summed E-state index contributed by atoms with van der Waals surface area (Å²) in [6, 6.07) is 4.62. The molecule has 0 atom stereocenters. The summed E-state index contributed by atoms with van der Waals surface area (Å²) in [7, 11) is 0. The lowest BCUT2D eigenvalue weighted by Gasteiger charge is -2.22. The van der Waals surface area contributed by atoms with Gasteiger partial charge in [0.2, 0.25) is 0 Å². The van der Waals surface area contributed by atoms with Crippen LogP contribution < -0.4 is 5.48 Å². The summed E-state index contributed by atoms with van der Waals surface area (Å²) in [5.41, 5.74) is 3.30. The predicted molar refractivity (Wildman–Crippen MR) is 70.6 cm³/mol. The quantitative estimate of drug-likeness (QED) is 0.619. The summed E-state index contributed by atoms with van der Waals surface area (Å²) in [6.45, 7) is 1.26. The van der Waals surface area contributed by atoms with E-state index < -0.39 is 0 Å². The number of nitrogens with zero attached hydrogens (tertiary/aromatic N) is 4. The minimum absolute atomic E-state index is 0.199. The van der Waals surface area contributed by atoms with E-state index in [4.69, 9.17) is 0 Å². The van der Waals surface area contributed by atoms with E-state index in [1.807, 2.05) is 6.08 Å². The molecule has 7 nitrogen and oxygen atoms in total. The van der Waals surface area contributed by atoms with Crippen LogP contribution in [0.15, 0.2) is 30.4 Å². The van der Waals surface area contributed by atoms with Gasteiger partial charge in [-0.15, -0.1) is 5.10 Å². The average Bonchev–Trinajstić information content (AvgIpc) is 2.90. The SMILES string of the molecule is O=C(N1CC=CCC1)n1nnc2cc(N[O-])ccc21. The Kier molecular flexibility index (Phi) is 2.88. The van der Waals surface area contributed by atoms with Crippen molar-refractivity contribution in [3.63, 3.8) is 0 Å². The van der Waals surface area contributed by atoms with Gasteiger partial charge in [-0.1, -0.05) is 17.4 Å². The number of hydrogen-bond acceptors (Lipinski definition) is 5. The second-order valence-corrected chi connectivity index (χ2v) is 4.30. The van der Waals surface area contributed by atoms with Gasteiger partial charge in [-0.25, -0.2) is 4.79 Å². The van der Waals surface area contributed by atoms with Crippen molar-refractivity contribution in [1.29, 1.82) is 0 Å². The topological polar surface area (TPSA) is 86.1 Å². The summed E-state index contributed by atoms with van der Waals surface area (Å²) in [6.07, 6.45) is 4.86. The van der Waals surface area contributed by atoms with E-state index in [1.165, 1.54) is 4.68 Å². The third kappa shape index (κ3) is 2.04. The van der Waals surface area contributed by atoms with Crippen LogP contribution in [0.25, 0.3) is 11.0 Å². The minimum atomic E-state index is -0.199. The molecular formula is C12H12N5O2-. The van der Waals surface area contributed by atoms with E-state index in [2.05, 4.69) is 16.4 Å². The number of benzene rings is 1. The van der Waals surface area contributed by atoms with Crippen molar-refractivity contribution < 1.29 is 4.79 Å². The van der Waals surface area contributed by atoms with E-state index >= 15 is 0 Å². The van der Waals surface area contributed by atoms with E-state index in [0.717, 1.165) is 6.42 Å². The van der Waals surface area contributed by atoms with E-state index in [1.54, 1.807) is 28.6 Å². The van der Waals surface area contributed by atoms with Crippen molar-refractivity contribution in [3.05, 3.63) is 35.6 Å². The lowest BCUT2D eigenvalue weighted by Crippen LogP contribution is -2.37. The van der Waals surface area contributed by atoms with Gasteiger partial charge in [-0.2, -0.15) is 4.68 Å². The standard InChI is InChI=1S/C12H12N5O2/c18-12(16-6-2-1-3-7-16)17-11-5-4-9(14-19)8-10(11)13-15-17/h1-2,4-5,8,14H,3,6-7H2/q-1. The second-order valence-electron chi connectivity index (χ2n) is 4.30. The van der Waals surface area contributed by atoms with Gasteiger partial charge < -0.3 is 15.6 Å². The van der Waals surface area contributed by atoms with Crippen molar-refractivity contribution >= 4 is 22.8 Å². The fourth-order valence-electron chi connectivity index (χ4n) is 2.08. The van der Waals surface area contributed by atoms with Gasteiger partial charge in [0.1, 0.15) is 5.52 Å². The van der Waals surface area contributed by atoms with Crippen LogP contribution in [0, 0.1) is 5.21 Å². The highest BCUT2D eigenvalue weighted by molar-refractivity contribution is 5.89. The van der Waals surface area contributed by atoms with Crippen molar-refractivity contribution in [1.82, 2.24) is 19.9 Å². The van der Waals surface area contributed by atoms with E-state index in [9.17, 15) is 10.0 Å². The predicted octanol–water partition coefficient (Wildman–Crippen LogP) is 1.57. The molecule has 2 aromatic rings. The number of carbonyl (C=O) groups excluding carboxylic acids is 1. The molecular weight excluding hydrogens is 246 g/mol. The lowest BCUT2D eigenvalue weighted by molar-refractivity contribution is 0.201. The molecule has 0 saturated carbocycles. The van der Waals surface area contributed by atoms with Gasteiger partial charge in [-0.3, -0.25) is 0 Å². The smallest absolute Gasteiger partial charge is 0.346 e. The maximum Gasteiger partial charge on any atom is 0.346 e. The number of hydrogen-bond donors (Lipinski definition) is 1. The second kappa shape index (κ2) is 4.69. The van der Waals surface area contributed by atoms with Crippen LogP contribution in [-0.2, 0) is 0 Å². The third-order valence-corrected chi connectivity index (χ3v) is 3.07. The zero-order valence-electron chi connectivity index (χ0n) is 10.1. The summed E-state index contributed by atoms with van der Waals surface area (Å²) < 4.78 is 1.27. The number of carbonyl (C=O) groups is 1. The number of nitrogens with one attached hydrogen (secondary N) is 1. The van der Waals surface area contributed by atoms with Gasteiger partial charge in [0.05, 0.1) is 5.52 Å². The number of rotatable bonds is 1. The summed E-state index contributed by atoms with van der Waals surface area (Å²) in [5, 5.41) is 18.4. The highest BCUT2D eigenvalue weighted by Crippen LogP contribution is 2.17. The average molecular weight is 258 g/mol. The summed E-state index contributed by atoms with van der Waals surface area (Å²) >= 11 is 0. The Morgan fingerprint density at radius 1 is 1.37 bits per heavy atom. The van der Waals surface area contributed by atoms with Crippen molar-refractivity contribution in [2.75, 3.05) is 18.6 Å². The van der Waals surface area contributed by atoms with Gasteiger partial charge in [-0.05, 0) is 24.6 Å². The Morgan fingerprint density at radius 2 is 2.26 bits per heavy atom. The molecule has 19 heavy (non-hydrogen) atoms. The Bertz CT molecular complexity index is 649. The molecule has 1 aromatic carbocycles. The molecule has 1 aliphatic rings. The zero-order chi connectivity index (χ0) is 13.2. The maximum atomic E-state index is 12.3. The fourth-order valence-corrected chi connectivity index (χ4v) is 2.08. The number of anilines is 1. The van der Waals surface area contributed by atoms with Crippen LogP contribution in [0.5, 0.6) is 0 Å². The maximum absolute atomic E-state index is 12.3. The first-order chi connectivity index (χ1) is 9.29. The highest BCUT2D eigenvalue weighted by atomic mass is 16.5. The van der Waals surface area contributed by atoms with Crippen LogP contribution >= 0.6 is 0 Å². The minimum Gasteiger partial charge on any atom is -0.761 e. The Labute approximate surface area is 109 Å². The molecule has 1 aromatic heterocycles. The van der Waals surface area contributed by atoms with Crippen LogP contribution in [0.1, 0.15) is 6.42 Å². The van der Waals surface area contributed by atoms with Crippen LogP contribution in [0.3, 0.4) is 0 Å². The molecule has 0 aliphatic carbocycles. The molecule has 0 unspecified atom stereocenters. The molecule has 0 bridgehead atoms. The molecule has 3 rings (SSSR count). The van der Waals surface area contributed by atoms with Crippen molar-refractivity contribution in [3.8, 4) is 0 Å². The normalized spacial score (nSPS) is 14.9. The number of amides is 1. The van der Waals surface area contributed by atoms with Crippen LogP contribution in [-0.4, -0.2) is 39.0 Å². The first-order valence-electron chi connectivity index (χ1n) is 5.97. The largest absolute Gasteiger partial charge is 0.761 e. The van der Waals surface area contributed by atoms with Gasteiger partial charge >= 0.3 is 6.03 Å². The monoisotopic (exact) mass is 258 g/mol. The van der Waals surface area contributed by atoms with Crippen LogP contribution in [0.4, 0.5) is 10.5 Å². The van der Waals surface area contributed by atoms with E-state index in [-0.39, 0.29) is 6.03 Å². The molecule has 0 fully saturated rings. The molecule has 1 N–H and O–H groups in total. The third-order valence-electron chi connectivity index (χ3n) is 3.07. The lowest BCUT2D eigenvalue weighted by atomic mass is 10.2. The first kappa shape index (κ1) is 11.7. The molecule has 98 valence electrons. The molecule has 2 heterocycles. The first-order valence-corrected chi connectivity index (χ1v) is 5.97. The van der Waals surface area contributed by atoms with Crippen molar-refractivity contribution in [2.24, 2.45) is 0 Å². The Balaban J connectivity index is 1.96. The zero-order valence-corrected chi connectivity index (χ0v) is 10.1. The van der Waals surface area contributed by atoms with Gasteiger partial charge in [0, 0.05) is 18.8 Å². The fraction of sp³-hybridized carbons (Fsp3) is 0.250. The Hall–Kier alpha value is -2.41.